The zero-order chi connectivity index (χ0) is 10.1. The van der Waals surface area contributed by atoms with Crippen LogP contribution in [0.2, 0.25) is 0 Å². The minimum Gasteiger partial charge on any atom is -0.381 e. The molecule has 14 heavy (non-hydrogen) atoms. The summed E-state index contributed by atoms with van der Waals surface area (Å²) < 4.78 is 2.34. The van der Waals surface area contributed by atoms with Crippen molar-refractivity contribution in [3.63, 3.8) is 0 Å². The molecule has 2 aromatic heterocycles. The van der Waals surface area contributed by atoms with Crippen molar-refractivity contribution < 1.29 is 5.11 Å². The van der Waals surface area contributed by atoms with E-state index in [4.69, 9.17) is 0 Å². The van der Waals surface area contributed by atoms with Crippen molar-refractivity contribution in [3.8, 4) is 0 Å². The summed E-state index contributed by atoms with van der Waals surface area (Å²) in [5, 5.41) is 14.0. The molecular weight excluding hydrogens is 266 g/mol. The van der Waals surface area contributed by atoms with Crippen LogP contribution in [0.3, 0.4) is 0 Å². The van der Waals surface area contributed by atoms with Crippen LogP contribution in [0, 0.1) is 0 Å². The fourth-order valence-corrected chi connectivity index (χ4v) is 2.61. The Hall–Kier alpha value is -0.720. The number of aliphatic hydroxyl groups is 1. The average Bonchev–Trinajstić information content (AvgIpc) is 2.73. The second-order valence-corrected chi connectivity index (χ2v) is 4.43. The van der Waals surface area contributed by atoms with Gasteiger partial charge in [-0.05, 0) is 22.0 Å². The van der Waals surface area contributed by atoms with E-state index in [9.17, 15) is 5.11 Å². The molecule has 0 aliphatic carbocycles. The highest BCUT2D eigenvalue weighted by Gasteiger charge is 2.18. The first-order valence-electron chi connectivity index (χ1n) is 3.95. The largest absolute Gasteiger partial charge is 0.381 e. The highest BCUT2D eigenvalue weighted by atomic mass is 79.9. The predicted molar refractivity (Wildman–Crippen MR) is 57.1 cm³/mol. The molecule has 0 radical (unpaired) electrons. The highest BCUT2D eigenvalue weighted by molar-refractivity contribution is 9.10. The van der Waals surface area contributed by atoms with Crippen molar-refractivity contribution in [2.75, 3.05) is 0 Å². The van der Waals surface area contributed by atoms with E-state index >= 15 is 0 Å². The normalized spacial score (nSPS) is 13.1. The fraction of sp³-hybridized carbons (Fsp3) is 0.250. The first-order valence-corrected chi connectivity index (χ1v) is 5.62. The molecule has 74 valence electrons. The smallest absolute Gasteiger partial charge is 0.132 e. The monoisotopic (exact) mass is 273 g/mol. The lowest BCUT2D eigenvalue weighted by atomic mass is 10.2. The maximum Gasteiger partial charge on any atom is 0.132 e. The quantitative estimate of drug-likeness (QED) is 0.907. The molecule has 2 aromatic rings. The lowest BCUT2D eigenvalue weighted by Crippen LogP contribution is -2.05. The number of rotatable bonds is 2. The first kappa shape index (κ1) is 9.82. The summed E-state index contributed by atoms with van der Waals surface area (Å²) in [7, 11) is 1.80. The van der Waals surface area contributed by atoms with Crippen LogP contribution in [-0.4, -0.2) is 19.9 Å². The molecule has 1 unspecified atom stereocenters. The van der Waals surface area contributed by atoms with Crippen molar-refractivity contribution in [1.82, 2.24) is 14.8 Å². The van der Waals surface area contributed by atoms with Crippen LogP contribution in [0.15, 0.2) is 22.4 Å². The van der Waals surface area contributed by atoms with Gasteiger partial charge in [0.2, 0.25) is 0 Å². The second kappa shape index (κ2) is 3.80. The van der Waals surface area contributed by atoms with Crippen molar-refractivity contribution in [2.45, 2.75) is 6.10 Å². The van der Waals surface area contributed by atoms with Gasteiger partial charge in [0.05, 0.1) is 16.1 Å². The molecule has 1 atom stereocenters. The third-order valence-corrected chi connectivity index (χ3v) is 3.71. The summed E-state index contributed by atoms with van der Waals surface area (Å²) in [5.41, 5.74) is 2.45. The molecule has 0 spiro atoms. The third kappa shape index (κ3) is 1.60. The summed E-state index contributed by atoms with van der Waals surface area (Å²) in [4.78, 5) is 4.82. The van der Waals surface area contributed by atoms with Crippen molar-refractivity contribution in [3.05, 3.63) is 32.9 Å². The minimum absolute atomic E-state index is 0.663. The zero-order valence-corrected chi connectivity index (χ0v) is 9.79. The van der Waals surface area contributed by atoms with Gasteiger partial charge in [0.15, 0.2) is 0 Å². The van der Waals surface area contributed by atoms with E-state index in [1.807, 2.05) is 0 Å². The Morgan fingerprint density at radius 1 is 1.64 bits per heavy atom. The van der Waals surface area contributed by atoms with Crippen LogP contribution < -0.4 is 0 Å². The Labute approximate surface area is 93.3 Å². The molecule has 0 aromatic carbocycles. The highest BCUT2D eigenvalue weighted by Crippen LogP contribution is 2.30. The molecule has 0 aliphatic heterocycles. The number of aliphatic hydroxyl groups excluding tert-OH is 1. The van der Waals surface area contributed by atoms with Gasteiger partial charge in [-0.2, -0.15) is 5.10 Å². The van der Waals surface area contributed by atoms with Gasteiger partial charge in [-0.1, -0.05) is 0 Å². The van der Waals surface area contributed by atoms with Gasteiger partial charge in [-0.3, -0.25) is 4.68 Å². The average molecular weight is 274 g/mol. The van der Waals surface area contributed by atoms with Crippen LogP contribution >= 0.6 is 27.3 Å². The summed E-state index contributed by atoms with van der Waals surface area (Å²) in [6.45, 7) is 0. The van der Waals surface area contributed by atoms with Crippen molar-refractivity contribution >= 4 is 27.3 Å². The molecule has 0 aliphatic rings. The van der Waals surface area contributed by atoms with Gasteiger partial charge in [0, 0.05) is 13.2 Å². The lowest BCUT2D eigenvalue weighted by molar-refractivity contribution is 0.212. The predicted octanol–water partition coefficient (Wildman–Crippen LogP) is 1.72. The third-order valence-electron chi connectivity index (χ3n) is 1.94. The Bertz CT molecular complexity index is 399. The minimum atomic E-state index is -0.663. The second-order valence-electron chi connectivity index (χ2n) is 2.79. The number of halogens is 1. The summed E-state index contributed by atoms with van der Waals surface area (Å²) in [6.07, 6.45) is 0.998. The maximum absolute atomic E-state index is 10.0. The number of aromatic nitrogens is 3. The molecule has 0 bridgehead atoms. The molecule has 1 N–H and O–H groups in total. The molecule has 0 fully saturated rings. The van der Waals surface area contributed by atoms with E-state index in [1.165, 1.54) is 11.3 Å². The maximum atomic E-state index is 10.0. The number of nitrogens with zero attached hydrogens (tertiary/aromatic N) is 3. The first-order chi connectivity index (χ1) is 6.70. The number of aryl methyl sites for hydroxylation is 1. The zero-order valence-electron chi connectivity index (χ0n) is 7.38. The number of hydrogen-bond donors (Lipinski definition) is 1. The molecule has 2 rings (SSSR count). The standard InChI is InChI=1S/C8H8BrN3OS/c1-12-5(2-3-11-12)6(13)7-8(9)10-4-14-7/h2-4,6,13H,1H3. The topological polar surface area (TPSA) is 50.9 Å². The SMILES string of the molecule is Cn1nccc1C(O)c1scnc1Br. The van der Waals surface area contributed by atoms with Gasteiger partial charge >= 0.3 is 0 Å². The van der Waals surface area contributed by atoms with Gasteiger partial charge in [-0.25, -0.2) is 4.98 Å². The molecule has 0 saturated heterocycles. The van der Waals surface area contributed by atoms with E-state index < -0.39 is 6.10 Å². The van der Waals surface area contributed by atoms with Gasteiger partial charge in [-0.15, -0.1) is 11.3 Å². The van der Waals surface area contributed by atoms with Gasteiger partial charge in [0.1, 0.15) is 10.7 Å². The lowest BCUT2D eigenvalue weighted by Gasteiger charge is -2.08. The number of thiazole rings is 1. The van der Waals surface area contributed by atoms with Crippen LogP contribution in [-0.2, 0) is 7.05 Å². The molecular formula is C8H8BrN3OS. The summed E-state index contributed by atoms with van der Waals surface area (Å²) >= 11 is 4.70. The van der Waals surface area contributed by atoms with Crippen molar-refractivity contribution in [1.29, 1.82) is 0 Å². The van der Waals surface area contributed by atoms with E-state index in [1.54, 1.807) is 29.5 Å². The molecule has 4 nitrogen and oxygen atoms in total. The van der Waals surface area contributed by atoms with Crippen LogP contribution in [0.5, 0.6) is 0 Å². The Morgan fingerprint density at radius 3 is 2.93 bits per heavy atom. The van der Waals surface area contributed by atoms with Crippen LogP contribution in [0.1, 0.15) is 16.7 Å². The van der Waals surface area contributed by atoms with Gasteiger partial charge < -0.3 is 5.11 Å². The molecule has 6 heteroatoms. The Morgan fingerprint density at radius 2 is 2.43 bits per heavy atom. The van der Waals surface area contributed by atoms with E-state index in [0.717, 1.165) is 10.6 Å². The van der Waals surface area contributed by atoms with Crippen LogP contribution in [0.4, 0.5) is 0 Å². The van der Waals surface area contributed by atoms with Crippen LogP contribution in [0.25, 0.3) is 0 Å². The fourth-order valence-electron chi connectivity index (χ4n) is 1.21. The number of hydrogen-bond acceptors (Lipinski definition) is 4. The van der Waals surface area contributed by atoms with E-state index in [-0.39, 0.29) is 0 Å². The van der Waals surface area contributed by atoms with Gasteiger partial charge in [0.25, 0.3) is 0 Å². The molecule has 0 amide bonds. The van der Waals surface area contributed by atoms with Crippen molar-refractivity contribution in [2.24, 2.45) is 7.05 Å². The van der Waals surface area contributed by atoms with E-state index in [2.05, 4.69) is 26.0 Å². The summed E-state index contributed by atoms with van der Waals surface area (Å²) in [5.74, 6) is 0. The molecule has 2 heterocycles. The van der Waals surface area contributed by atoms with E-state index in [0.29, 0.717) is 4.60 Å². The molecule has 0 saturated carbocycles. The Balaban J connectivity index is 2.38. The summed E-state index contributed by atoms with van der Waals surface area (Å²) in [6, 6.07) is 1.79. The Kier molecular flexibility index (Phi) is 2.66.